The molecule has 1 atom stereocenters. The van der Waals surface area contributed by atoms with Gasteiger partial charge in [-0.05, 0) is 55.7 Å². The third-order valence-electron chi connectivity index (χ3n) is 7.29. The average molecular weight is 517 g/mol. The molecule has 0 radical (unpaired) electrons. The number of aromatic nitrogens is 2. The molecular formula is C29H32N4O5. The molecule has 1 saturated heterocycles. The van der Waals surface area contributed by atoms with Crippen LogP contribution in [0.2, 0.25) is 0 Å². The fourth-order valence-electron chi connectivity index (χ4n) is 5.36. The van der Waals surface area contributed by atoms with Gasteiger partial charge in [-0.1, -0.05) is 43.7 Å². The van der Waals surface area contributed by atoms with Gasteiger partial charge < -0.3 is 10.1 Å². The molecule has 9 heteroatoms. The minimum Gasteiger partial charge on any atom is -0.372 e. The van der Waals surface area contributed by atoms with Crippen molar-refractivity contribution in [3.05, 3.63) is 86.2 Å². The first-order valence-electron chi connectivity index (χ1n) is 13.0. The van der Waals surface area contributed by atoms with E-state index < -0.39 is 4.92 Å². The molecule has 2 aromatic carbocycles. The maximum atomic E-state index is 13.2. The zero-order chi connectivity index (χ0) is 27.0. The molecule has 0 bridgehead atoms. The molecule has 3 aromatic rings. The number of carbonyl (C=O) groups excluding carboxylic acids is 2. The summed E-state index contributed by atoms with van der Waals surface area (Å²) in [5.41, 5.74) is 3.90. The molecule has 0 spiro atoms. The van der Waals surface area contributed by atoms with Gasteiger partial charge in [-0.25, -0.2) is 4.68 Å². The Kier molecular flexibility index (Phi) is 6.88. The van der Waals surface area contributed by atoms with Crippen LogP contribution in [0.5, 0.6) is 0 Å². The average Bonchev–Trinajstić information content (AvgIpc) is 3.52. The number of ether oxygens (including phenoxy) is 1. The van der Waals surface area contributed by atoms with Crippen LogP contribution in [-0.2, 0) is 17.6 Å². The van der Waals surface area contributed by atoms with Crippen LogP contribution in [0.3, 0.4) is 0 Å². The van der Waals surface area contributed by atoms with Crippen molar-refractivity contribution in [1.29, 1.82) is 0 Å². The summed E-state index contributed by atoms with van der Waals surface area (Å²) in [4.78, 5) is 37.7. The molecule has 1 unspecified atom stereocenters. The predicted molar refractivity (Wildman–Crippen MR) is 142 cm³/mol. The van der Waals surface area contributed by atoms with E-state index in [2.05, 4.69) is 5.32 Å². The van der Waals surface area contributed by atoms with Crippen molar-refractivity contribution in [2.75, 3.05) is 13.2 Å². The van der Waals surface area contributed by atoms with Crippen molar-refractivity contribution in [1.82, 2.24) is 15.1 Å². The molecule has 9 nitrogen and oxygen atoms in total. The smallest absolute Gasteiger partial charge is 0.295 e. The lowest BCUT2D eigenvalue weighted by molar-refractivity contribution is -0.384. The number of ketones is 1. The van der Waals surface area contributed by atoms with Crippen LogP contribution in [-0.4, -0.2) is 39.5 Å². The highest BCUT2D eigenvalue weighted by atomic mass is 16.6. The lowest BCUT2D eigenvalue weighted by Gasteiger charge is -2.29. The Balaban J connectivity index is 1.46. The topological polar surface area (TPSA) is 116 Å². The summed E-state index contributed by atoms with van der Waals surface area (Å²) >= 11 is 0. The monoisotopic (exact) mass is 516 g/mol. The molecule has 0 saturated carbocycles. The lowest BCUT2D eigenvalue weighted by Crippen LogP contribution is -2.28. The normalized spacial score (nSPS) is 18.3. The number of aryl methyl sites for hydroxylation is 1. The molecule has 1 aliphatic heterocycles. The summed E-state index contributed by atoms with van der Waals surface area (Å²) in [5, 5.41) is 19.7. The molecule has 2 aliphatic rings. The fraction of sp³-hybridized carbons (Fsp3) is 0.414. The molecule has 38 heavy (non-hydrogen) atoms. The molecule has 1 aliphatic carbocycles. The molecule has 1 fully saturated rings. The van der Waals surface area contributed by atoms with Gasteiger partial charge in [0, 0.05) is 31.2 Å². The largest absolute Gasteiger partial charge is 0.372 e. The first-order valence-corrected chi connectivity index (χ1v) is 13.0. The zero-order valence-corrected chi connectivity index (χ0v) is 22.0. The van der Waals surface area contributed by atoms with E-state index in [1.54, 1.807) is 12.1 Å². The van der Waals surface area contributed by atoms with Crippen molar-refractivity contribution in [3.63, 3.8) is 0 Å². The van der Waals surface area contributed by atoms with Gasteiger partial charge in [0.05, 0.1) is 16.2 Å². The fourth-order valence-corrected chi connectivity index (χ4v) is 5.36. The third-order valence-corrected chi connectivity index (χ3v) is 7.29. The SMILES string of the molecule is Cc1ccc(CCNC(=O)c2ccc(-n3nc(C4CCCO4)c4c3CC(C)(C)CC4=O)c([N+](=O)[O-])c2)cc1. The van der Waals surface area contributed by atoms with Crippen molar-refractivity contribution < 1.29 is 19.2 Å². The molecule has 198 valence electrons. The molecule has 5 rings (SSSR count). The van der Waals surface area contributed by atoms with Crippen LogP contribution in [0, 0.1) is 22.5 Å². The second-order valence-corrected chi connectivity index (χ2v) is 11.0. The van der Waals surface area contributed by atoms with Gasteiger partial charge in [-0.15, -0.1) is 0 Å². The summed E-state index contributed by atoms with van der Waals surface area (Å²) in [6, 6.07) is 12.5. The highest BCUT2D eigenvalue weighted by molar-refractivity contribution is 6.00. The number of nitro benzene ring substituents is 1. The van der Waals surface area contributed by atoms with Crippen LogP contribution in [0.4, 0.5) is 5.69 Å². The number of carbonyl (C=O) groups is 2. The number of fused-ring (bicyclic) bond motifs is 1. The number of amides is 1. The third kappa shape index (κ3) is 5.11. The highest BCUT2D eigenvalue weighted by Gasteiger charge is 2.40. The summed E-state index contributed by atoms with van der Waals surface area (Å²) in [5.74, 6) is -0.397. The summed E-state index contributed by atoms with van der Waals surface area (Å²) < 4.78 is 7.37. The number of nitrogens with one attached hydrogen (secondary N) is 1. The van der Waals surface area contributed by atoms with Gasteiger partial charge in [0.2, 0.25) is 0 Å². The van der Waals surface area contributed by atoms with E-state index in [1.165, 1.54) is 16.3 Å². The lowest BCUT2D eigenvalue weighted by atomic mass is 9.75. The van der Waals surface area contributed by atoms with Crippen LogP contribution < -0.4 is 5.32 Å². The Morgan fingerprint density at radius 3 is 2.66 bits per heavy atom. The molecule has 1 amide bonds. The number of nitro groups is 1. The quantitative estimate of drug-likeness (QED) is 0.346. The maximum absolute atomic E-state index is 13.2. The van der Waals surface area contributed by atoms with E-state index >= 15 is 0 Å². The molecule has 1 aromatic heterocycles. The van der Waals surface area contributed by atoms with Gasteiger partial charge >= 0.3 is 0 Å². The summed E-state index contributed by atoms with van der Waals surface area (Å²) in [7, 11) is 0. The Labute approximate surface area is 221 Å². The van der Waals surface area contributed by atoms with Gasteiger partial charge in [0.15, 0.2) is 5.78 Å². The number of hydrogen-bond donors (Lipinski definition) is 1. The van der Waals surface area contributed by atoms with Crippen LogP contribution >= 0.6 is 0 Å². The number of Topliss-reactive ketones (excluding diaryl/α,β-unsaturated/α-hetero) is 1. The zero-order valence-electron chi connectivity index (χ0n) is 22.0. The highest BCUT2D eigenvalue weighted by Crippen LogP contribution is 2.42. The van der Waals surface area contributed by atoms with Crippen molar-refractivity contribution in [2.24, 2.45) is 5.41 Å². The van der Waals surface area contributed by atoms with Crippen molar-refractivity contribution >= 4 is 17.4 Å². The summed E-state index contributed by atoms with van der Waals surface area (Å²) in [6.07, 6.45) is 2.92. The first kappa shape index (κ1) is 25.8. The molecule has 1 N–H and O–H groups in total. The number of benzene rings is 2. The van der Waals surface area contributed by atoms with Crippen molar-refractivity contribution in [2.45, 2.75) is 59.0 Å². The Morgan fingerprint density at radius 1 is 1.21 bits per heavy atom. The Bertz CT molecular complexity index is 1400. The molecular weight excluding hydrogens is 484 g/mol. The number of hydrogen-bond acceptors (Lipinski definition) is 6. The van der Waals surface area contributed by atoms with Gasteiger partial charge in [0.1, 0.15) is 17.5 Å². The number of nitrogens with zero attached hydrogens (tertiary/aromatic N) is 3. The second-order valence-electron chi connectivity index (χ2n) is 11.0. The standard InChI is InChI=1S/C29H32N4O5/c1-18-6-8-19(9-7-18)12-13-30-28(35)20-10-11-21(22(15-20)33(36)37)32-23-16-29(2,3)17-24(34)26(23)27(31-32)25-5-4-14-38-25/h6-11,15,25H,4-5,12-14,16-17H2,1-3H3,(H,30,35). The van der Waals surface area contributed by atoms with Crippen molar-refractivity contribution in [3.8, 4) is 5.69 Å². The van der Waals surface area contributed by atoms with Crippen LogP contribution in [0.25, 0.3) is 5.69 Å². The van der Waals surface area contributed by atoms with E-state index in [4.69, 9.17) is 9.84 Å². The molecule has 2 heterocycles. The second kappa shape index (κ2) is 10.1. The minimum absolute atomic E-state index is 0.0137. The maximum Gasteiger partial charge on any atom is 0.295 e. The Morgan fingerprint density at radius 2 is 1.97 bits per heavy atom. The van der Waals surface area contributed by atoms with Gasteiger partial charge in [0.25, 0.3) is 11.6 Å². The van der Waals surface area contributed by atoms with Crippen LogP contribution in [0.1, 0.15) is 82.4 Å². The minimum atomic E-state index is -0.506. The van der Waals surface area contributed by atoms with E-state index in [9.17, 15) is 19.7 Å². The van der Waals surface area contributed by atoms with Gasteiger partial charge in [-0.2, -0.15) is 5.10 Å². The van der Waals surface area contributed by atoms with E-state index in [-0.39, 0.29) is 40.1 Å². The van der Waals surface area contributed by atoms with Gasteiger partial charge in [-0.3, -0.25) is 19.7 Å². The Hall–Kier alpha value is -3.85. The first-order chi connectivity index (χ1) is 18.1. The van der Waals surface area contributed by atoms with E-state index in [0.717, 1.165) is 18.4 Å². The summed E-state index contributed by atoms with van der Waals surface area (Å²) in [6.45, 7) is 7.04. The van der Waals surface area contributed by atoms with Crippen LogP contribution in [0.15, 0.2) is 42.5 Å². The van der Waals surface area contributed by atoms with E-state index in [1.807, 2.05) is 45.0 Å². The van der Waals surface area contributed by atoms with E-state index in [0.29, 0.717) is 49.4 Å². The number of rotatable bonds is 7. The predicted octanol–water partition coefficient (Wildman–Crippen LogP) is 5.07.